The lowest BCUT2D eigenvalue weighted by atomic mass is 9.93. The zero-order valence-electron chi connectivity index (χ0n) is 13.0. The van der Waals surface area contributed by atoms with E-state index in [9.17, 15) is 23.1 Å². The molecule has 2 aliphatic rings. The third-order valence-corrected chi connectivity index (χ3v) is 4.40. The van der Waals surface area contributed by atoms with Crippen LogP contribution in [0.2, 0.25) is 0 Å². The number of fused-ring (bicyclic) bond motifs is 1. The van der Waals surface area contributed by atoms with Crippen molar-refractivity contribution in [2.45, 2.75) is 31.9 Å². The van der Waals surface area contributed by atoms with Crippen LogP contribution in [-0.4, -0.2) is 46.7 Å². The molecule has 0 bridgehead atoms. The van der Waals surface area contributed by atoms with E-state index in [0.29, 0.717) is 6.54 Å². The Morgan fingerprint density at radius 2 is 2.08 bits per heavy atom. The quantitative estimate of drug-likeness (QED) is 0.781. The van der Waals surface area contributed by atoms with Crippen LogP contribution in [0.1, 0.15) is 35.3 Å². The maximum atomic E-state index is 12.5. The number of aromatic carboxylic acids is 1. The highest BCUT2D eigenvalue weighted by Crippen LogP contribution is 2.34. The molecule has 6 nitrogen and oxygen atoms in total. The molecular formula is C15H19F3N4O2. The normalized spacial score (nSPS) is 18.7. The highest BCUT2D eigenvalue weighted by atomic mass is 19.4. The number of carbonyl (C=O) groups is 1. The van der Waals surface area contributed by atoms with E-state index in [1.807, 2.05) is 6.08 Å². The molecule has 0 aromatic carbocycles. The number of aromatic nitrogens is 2. The Labute approximate surface area is 136 Å². The lowest BCUT2D eigenvalue weighted by molar-refractivity contribution is -0.134. The van der Waals surface area contributed by atoms with E-state index in [-0.39, 0.29) is 23.0 Å². The molecule has 0 unspecified atom stereocenters. The standard InChI is InChI=1S/C15H19F3N4O2/c16-15(17,18)5-1-10-12(14(23)24)13-20-8-4-11(22(13)21-10)9-2-6-19-7-3-9/h4,9,19-20H,1-3,5-8H2,(H,23,24). The number of rotatable bonds is 4. The number of carboxylic acids is 1. The average molecular weight is 344 g/mol. The van der Waals surface area contributed by atoms with Crippen LogP contribution in [0.4, 0.5) is 19.0 Å². The second kappa shape index (κ2) is 6.46. The molecule has 24 heavy (non-hydrogen) atoms. The van der Waals surface area contributed by atoms with Crippen LogP contribution in [0, 0.1) is 5.92 Å². The molecule has 9 heteroatoms. The zero-order valence-corrected chi connectivity index (χ0v) is 13.0. The van der Waals surface area contributed by atoms with Crippen molar-refractivity contribution in [2.75, 3.05) is 25.0 Å². The maximum absolute atomic E-state index is 12.5. The summed E-state index contributed by atoms with van der Waals surface area (Å²) in [6.07, 6.45) is -2.14. The number of piperidine rings is 1. The number of aryl methyl sites for hydroxylation is 1. The SMILES string of the molecule is O=C(O)c1c(CCC(F)(F)F)nn2c1NCC=C2C1CCNCC1. The maximum Gasteiger partial charge on any atom is 0.389 e. The van der Waals surface area contributed by atoms with E-state index >= 15 is 0 Å². The van der Waals surface area contributed by atoms with E-state index < -0.39 is 25.0 Å². The predicted octanol–water partition coefficient (Wildman–Crippen LogP) is 2.34. The molecule has 0 amide bonds. The Morgan fingerprint density at radius 1 is 1.38 bits per heavy atom. The van der Waals surface area contributed by atoms with Crippen LogP contribution >= 0.6 is 0 Å². The van der Waals surface area contributed by atoms with E-state index in [1.54, 1.807) is 0 Å². The van der Waals surface area contributed by atoms with Gasteiger partial charge in [-0.25, -0.2) is 9.48 Å². The fourth-order valence-corrected chi connectivity index (χ4v) is 3.27. The minimum Gasteiger partial charge on any atom is -0.477 e. The number of anilines is 1. The molecule has 0 aliphatic carbocycles. The largest absolute Gasteiger partial charge is 0.477 e. The Bertz CT molecular complexity index is 660. The second-order valence-corrected chi connectivity index (χ2v) is 6.04. The molecule has 0 saturated carbocycles. The lowest BCUT2D eigenvalue weighted by Crippen LogP contribution is -2.31. The van der Waals surface area contributed by atoms with E-state index in [1.165, 1.54) is 4.68 Å². The van der Waals surface area contributed by atoms with Crippen LogP contribution in [-0.2, 0) is 6.42 Å². The molecular weight excluding hydrogens is 325 g/mol. The summed E-state index contributed by atoms with van der Waals surface area (Å²) in [7, 11) is 0. The van der Waals surface area contributed by atoms with Gasteiger partial charge in [-0.3, -0.25) is 0 Å². The van der Waals surface area contributed by atoms with Gasteiger partial charge in [0, 0.05) is 31.0 Å². The van der Waals surface area contributed by atoms with Crippen LogP contribution in [0.3, 0.4) is 0 Å². The van der Waals surface area contributed by atoms with Gasteiger partial charge in [-0.15, -0.1) is 0 Å². The van der Waals surface area contributed by atoms with Crippen molar-refractivity contribution in [3.63, 3.8) is 0 Å². The molecule has 3 rings (SSSR count). The van der Waals surface area contributed by atoms with Crippen molar-refractivity contribution >= 4 is 17.5 Å². The van der Waals surface area contributed by atoms with Gasteiger partial charge in [-0.1, -0.05) is 0 Å². The van der Waals surface area contributed by atoms with Gasteiger partial charge < -0.3 is 15.7 Å². The second-order valence-electron chi connectivity index (χ2n) is 6.04. The molecule has 1 aromatic heterocycles. The van der Waals surface area contributed by atoms with Crippen molar-refractivity contribution in [3.8, 4) is 0 Å². The number of nitrogens with one attached hydrogen (secondary N) is 2. The van der Waals surface area contributed by atoms with Crippen LogP contribution in [0.5, 0.6) is 0 Å². The Kier molecular flexibility index (Phi) is 4.53. The summed E-state index contributed by atoms with van der Waals surface area (Å²) in [5, 5.41) is 19.9. The first-order chi connectivity index (χ1) is 11.4. The minimum atomic E-state index is -4.35. The molecule has 3 N–H and O–H groups in total. The predicted molar refractivity (Wildman–Crippen MR) is 81.9 cm³/mol. The fourth-order valence-electron chi connectivity index (χ4n) is 3.27. The highest BCUT2D eigenvalue weighted by Gasteiger charge is 2.33. The molecule has 3 heterocycles. The summed E-state index contributed by atoms with van der Waals surface area (Å²) < 4.78 is 39.0. The molecule has 1 saturated heterocycles. The van der Waals surface area contributed by atoms with Crippen molar-refractivity contribution in [2.24, 2.45) is 5.92 Å². The number of halogens is 3. The van der Waals surface area contributed by atoms with Crippen molar-refractivity contribution in [1.82, 2.24) is 15.1 Å². The third-order valence-electron chi connectivity index (χ3n) is 4.40. The summed E-state index contributed by atoms with van der Waals surface area (Å²) in [4.78, 5) is 11.6. The Hall–Kier alpha value is -2.03. The molecule has 2 aliphatic heterocycles. The molecule has 1 fully saturated rings. The van der Waals surface area contributed by atoms with E-state index in [0.717, 1.165) is 31.6 Å². The molecule has 1 aromatic rings. The number of hydrogen-bond donors (Lipinski definition) is 3. The summed E-state index contributed by atoms with van der Waals surface area (Å²) >= 11 is 0. The lowest BCUT2D eigenvalue weighted by Gasteiger charge is -2.28. The Morgan fingerprint density at radius 3 is 2.71 bits per heavy atom. The van der Waals surface area contributed by atoms with Crippen molar-refractivity contribution < 1.29 is 23.1 Å². The van der Waals surface area contributed by atoms with Crippen molar-refractivity contribution in [1.29, 1.82) is 0 Å². The topological polar surface area (TPSA) is 79.2 Å². The van der Waals surface area contributed by atoms with Crippen molar-refractivity contribution in [3.05, 3.63) is 17.3 Å². The fraction of sp³-hybridized carbons (Fsp3) is 0.600. The minimum absolute atomic E-state index is 0.0240. The van der Waals surface area contributed by atoms with Gasteiger partial charge in [0.2, 0.25) is 0 Å². The molecule has 0 radical (unpaired) electrons. The van der Waals surface area contributed by atoms with Crippen LogP contribution < -0.4 is 10.6 Å². The molecule has 0 atom stereocenters. The van der Waals surface area contributed by atoms with Gasteiger partial charge in [0.15, 0.2) is 0 Å². The summed E-state index contributed by atoms with van der Waals surface area (Å²) in [6, 6.07) is 0. The number of alkyl halides is 3. The van der Waals surface area contributed by atoms with Gasteiger partial charge in [-0.2, -0.15) is 18.3 Å². The van der Waals surface area contributed by atoms with Gasteiger partial charge in [0.25, 0.3) is 0 Å². The number of nitrogens with zero attached hydrogens (tertiary/aromatic N) is 2. The smallest absolute Gasteiger partial charge is 0.389 e. The van der Waals surface area contributed by atoms with E-state index in [4.69, 9.17) is 0 Å². The average Bonchev–Trinajstić information content (AvgIpc) is 2.91. The summed E-state index contributed by atoms with van der Waals surface area (Å²) in [5.41, 5.74) is 0.703. The van der Waals surface area contributed by atoms with Crippen LogP contribution in [0.25, 0.3) is 5.70 Å². The number of hydrogen-bond acceptors (Lipinski definition) is 4. The van der Waals surface area contributed by atoms with Gasteiger partial charge in [-0.05, 0) is 32.0 Å². The third kappa shape index (κ3) is 3.40. The molecule has 132 valence electrons. The Balaban J connectivity index is 1.94. The number of carboxylic acid groups (broad SMARTS) is 1. The first-order valence-electron chi connectivity index (χ1n) is 7.94. The summed E-state index contributed by atoms with van der Waals surface area (Å²) in [6.45, 7) is 2.17. The first-order valence-corrected chi connectivity index (χ1v) is 7.94. The highest BCUT2D eigenvalue weighted by molar-refractivity contribution is 5.95. The van der Waals surface area contributed by atoms with Gasteiger partial charge in [0.1, 0.15) is 11.4 Å². The number of allylic oxidation sites excluding steroid dienone is 1. The monoisotopic (exact) mass is 344 g/mol. The van der Waals surface area contributed by atoms with Crippen LogP contribution in [0.15, 0.2) is 6.08 Å². The first kappa shape index (κ1) is 16.8. The zero-order chi connectivity index (χ0) is 17.3. The van der Waals surface area contributed by atoms with E-state index in [2.05, 4.69) is 15.7 Å². The van der Waals surface area contributed by atoms with Gasteiger partial charge >= 0.3 is 12.1 Å². The summed E-state index contributed by atoms with van der Waals surface area (Å²) in [5.74, 6) is -0.743. The molecule has 0 spiro atoms. The van der Waals surface area contributed by atoms with Gasteiger partial charge in [0.05, 0.1) is 5.69 Å².